The Balaban J connectivity index is 4.31. The number of alkyl halides is 3. The van der Waals surface area contributed by atoms with Gasteiger partial charge in [0.05, 0.1) is 5.41 Å². The van der Waals surface area contributed by atoms with Gasteiger partial charge in [-0.15, -0.1) is 0 Å². The molecule has 0 N–H and O–H groups in total. The van der Waals surface area contributed by atoms with Crippen LogP contribution in [0.4, 0.5) is 13.2 Å². The topological polar surface area (TPSA) is 78.9 Å². The van der Waals surface area contributed by atoms with Gasteiger partial charge < -0.3 is 14.2 Å². The second-order valence-electron chi connectivity index (χ2n) is 6.45. The van der Waals surface area contributed by atoms with Crippen molar-refractivity contribution in [2.24, 2.45) is 10.8 Å². The maximum Gasteiger partial charge on any atom is 0.422 e. The molecule has 0 rings (SSSR count). The van der Waals surface area contributed by atoms with E-state index in [0.29, 0.717) is 6.42 Å². The summed E-state index contributed by atoms with van der Waals surface area (Å²) in [6.45, 7) is 5.58. The fourth-order valence-electron chi connectivity index (χ4n) is 1.65. The highest BCUT2D eigenvalue weighted by atomic mass is 19.4. The highest BCUT2D eigenvalue weighted by molar-refractivity contribution is 5.82. The van der Waals surface area contributed by atoms with Crippen molar-refractivity contribution >= 4 is 17.9 Å². The van der Waals surface area contributed by atoms with Crippen molar-refractivity contribution in [3.63, 3.8) is 0 Å². The van der Waals surface area contributed by atoms with Crippen molar-refractivity contribution in [3.05, 3.63) is 0 Å². The van der Waals surface area contributed by atoms with Crippen LogP contribution in [0.15, 0.2) is 0 Å². The first-order valence-electron chi connectivity index (χ1n) is 7.28. The van der Waals surface area contributed by atoms with Crippen LogP contribution in [0, 0.1) is 10.8 Å². The van der Waals surface area contributed by atoms with Gasteiger partial charge in [0, 0.05) is 0 Å². The monoisotopic (exact) mass is 356 g/mol. The fraction of sp³-hybridized carbons (Fsp3) is 0.800. The predicted octanol–water partition coefficient (Wildman–Crippen LogP) is 2.64. The number of rotatable bonds is 7. The van der Waals surface area contributed by atoms with Crippen LogP contribution in [0.3, 0.4) is 0 Å². The molecule has 140 valence electrons. The quantitative estimate of drug-likeness (QED) is 0.515. The van der Waals surface area contributed by atoms with Crippen molar-refractivity contribution in [1.82, 2.24) is 0 Å². The lowest BCUT2D eigenvalue weighted by molar-refractivity contribution is -0.190. The van der Waals surface area contributed by atoms with Crippen molar-refractivity contribution in [2.75, 3.05) is 19.8 Å². The molecule has 0 saturated heterocycles. The first-order valence-corrected chi connectivity index (χ1v) is 7.28. The van der Waals surface area contributed by atoms with E-state index < -0.39 is 54.7 Å². The number of esters is 3. The molecule has 6 nitrogen and oxygen atoms in total. The van der Waals surface area contributed by atoms with Gasteiger partial charge >= 0.3 is 24.1 Å². The molecule has 9 heteroatoms. The van der Waals surface area contributed by atoms with Crippen molar-refractivity contribution in [2.45, 2.75) is 47.2 Å². The van der Waals surface area contributed by atoms with Crippen LogP contribution in [-0.2, 0) is 28.6 Å². The van der Waals surface area contributed by atoms with Crippen LogP contribution in [0.2, 0.25) is 0 Å². The van der Waals surface area contributed by atoms with Crippen LogP contribution >= 0.6 is 0 Å². The molecule has 0 aromatic rings. The van der Waals surface area contributed by atoms with E-state index in [0.717, 1.165) is 0 Å². The zero-order chi connectivity index (χ0) is 19.2. The molecule has 0 saturated carbocycles. The van der Waals surface area contributed by atoms with Gasteiger partial charge in [0.2, 0.25) is 0 Å². The summed E-state index contributed by atoms with van der Waals surface area (Å²) in [6.07, 6.45) is -4.18. The molecule has 0 heterocycles. The predicted molar refractivity (Wildman–Crippen MR) is 76.8 cm³/mol. The molecular weight excluding hydrogens is 333 g/mol. The summed E-state index contributed by atoms with van der Waals surface area (Å²) < 4.78 is 48.6. The average Bonchev–Trinajstić information content (AvgIpc) is 2.45. The first-order chi connectivity index (χ1) is 10.7. The summed E-state index contributed by atoms with van der Waals surface area (Å²) in [5.74, 6) is -3.01. The molecule has 0 aromatic carbocycles. The van der Waals surface area contributed by atoms with E-state index in [-0.39, 0.29) is 0 Å². The molecule has 1 unspecified atom stereocenters. The average molecular weight is 356 g/mol. The molecule has 1 atom stereocenters. The van der Waals surface area contributed by atoms with Gasteiger partial charge in [0.25, 0.3) is 0 Å². The molecule has 0 radical (unpaired) electrons. The number of hydrogen-bond donors (Lipinski definition) is 0. The molecular formula is C15H23F3O6. The second kappa shape index (κ2) is 8.34. The SMILES string of the molecule is CCC(C)(C(=O)OCC(=O)OCC(=O)OCC(F)(F)F)C(C)(C)C. The van der Waals surface area contributed by atoms with Gasteiger partial charge in [-0.2, -0.15) is 13.2 Å². The lowest BCUT2D eigenvalue weighted by Crippen LogP contribution is -2.41. The summed E-state index contributed by atoms with van der Waals surface area (Å²) in [7, 11) is 0. The zero-order valence-electron chi connectivity index (χ0n) is 14.4. The van der Waals surface area contributed by atoms with Gasteiger partial charge in [-0.05, 0) is 18.8 Å². The van der Waals surface area contributed by atoms with E-state index in [1.54, 1.807) is 6.92 Å². The highest BCUT2D eigenvalue weighted by Gasteiger charge is 2.44. The minimum absolute atomic E-state index is 0.413. The lowest BCUT2D eigenvalue weighted by Gasteiger charge is -2.38. The molecule has 0 aromatic heterocycles. The minimum atomic E-state index is -4.66. The van der Waals surface area contributed by atoms with E-state index in [2.05, 4.69) is 9.47 Å². The largest absolute Gasteiger partial charge is 0.454 e. The van der Waals surface area contributed by atoms with Gasteiger partial charge in [-0.3, -0.25) is 4.79 Å². The minimum Gasteiger partial charge on any atom is -0.454 e. The number of ether oxygens (including phenoxy) is 3. The Bertz CT molecular complexity index is 467. The van der Waals surface area contributed by atoms with Crippen molar-refractivity contribution in [3.8, 4) is 0 Å². The highest BCUT2D eigenvalue weighted by Crippen LogP contribution is 2.42. The Labute approximate surface area is 138 Å². The maximum absolute atomic E-state index is 12.2. The fourth-order valence-corrected chi connectivity index (χ4v) is 1.65. The second-order valence-corrected chi connectivity index (χ2v) is 6.45. The van der Waals surface area contributed by atoms with E-state index in [1.807, 2.05) is 27.7 Å². The van der Waals surface area contributed by atoms with E-state index in [1.165, 1.54) is 0 Å². The summed E-state index contributed by atoms with van der Waals surface area (Å²) in [4.78, 5) is 34.5. The van der Waals surface area contributed by atoms with Crippen LogP contribution in [0.5, 0.6) is 0 Å². The molecule has 0 aliphatic heterocycles. The summed E-state index contributed by atoms with van der Waals surface area (Å²) in [5.41, 5.74) is -1.25. The smallest absolute Gasteiger partial charge is 0.422 e. The van der Waals surface area contributed by atoms with Gasteiger partial charge in [0.1, 0.15) is 0 Å². The molecule has 24 heavy (non-hydrogen) atoms. The summed E-state index contributed by atoms with van der Waals surface area (Å²) >= 11 is 0. The third-order valence-corrected chi connectivity index (χ3v) is 3.88. The van der Waals surface area contributed by atoms with Crippen LogP contribution in [0.25, 0.3) is 0 Å². The number of halogens is 3. The third kappa shape index (κ3) is 7.18. The number of carbonyl (C=O) groups excluding carboxylic acids is 3. The lowest BCUT2D eigenvalue weighted by atomic mass is 9.66. The van der Waals surface area contributed by atoms with Gasteiger partial charge in [-0.1, -0.05) is 27.7 Å². The van der Waals surface area contributed by atoms with Crippen molar-refractivity contribution in [1.29, 1.82) is 0 Å². The molecule has 0 bridgehead atoms. The molecule has 0 aliphatic rings. The third-order valence-electron chi connectivity index (χ3n) is 3.88. The molecule has 0 amide bonds. The normalized spacial score (nSPS) is 14.5. The Hall–Kier alpha value is -1.80. The van der Waals surface area contributed by atoms with Gasteiger partial charge in [-0.25, -0.2) is 9.59 Å². The first kappa shape index (κ1) is 22.2. The van der Waals surface area contributed by atoms with E-state index in [9.17, 15) is 27.6 Å². The molecule has 0 spiro atoms. The Morgan fingerprint density at radius 1 is 0.833 bits per heavy atom. The summed E-state index contributed by atoms with van der Waals surface area (Å²) in [6, 6.07) is 0. The molecule has 0 fully saturated rings. The standard InChI is InChI=1S/C15H23F3O6/c1-6-14(5,13(2,3)4)12(21)23-8-10(19)22-7-11(20)24-9-15(16,17)18/h6-9H2,1-5H3. The number of hydrogen-bond acceptors (Lipinski definition) is 6. The maximum atomic E-state index is 12.2. The number of carbonyl (C=O) groups is 3. The van der Waals surface area contributed by atoms with Gasteiger partial charge in [0.15, 0.2) is 19.8 Å². The van der Waals surface area contributed by atoms with Crippen LogP contribution < -0.4 is 0 Å². The van der Waals surface area contributed by atoms with E-state index in [4.69, 9.17) is 4.74 Å². The summed E-state index contributed by atoms with van der Waals surface area (Å²) in [5, 5.41) is 0. The van der Waals surface area contributed by atoms with Crippen LogP contribution in [-0.4, -0.2) is 43.9 Å². The van der Waals surface area contributed by atoms with E-state index >= 15 is 0 Å². The van der Waals surface area contributed by atoms with Crippen LogP contribution in [0.1, 0.15) is 41.0 Å². The Kier molecular flexibility index (Phi) is 7.72. The zero-order valence-corrected chi connectivity index (χ0v) is 14.4. The van der Waals surface area contributed by atoms with Crippen molar-refractivity contribution < 1.29 is 41.8 Å². The Morgan fingerprint density at radius 3 is 1.71 bits per heavy atom. The molecule has 0 aliphatic carbocycles. The Morgan fingerprint density at radius 2 is 1.29 bits per heavy atom.